The predicted octanol–water partition coefficient (Wildman–Crippen LogP) is 4.43. The van der Waals surface area contributed by atoms with Gasteiger partial charge in [-0.1, -0.05) is 18.2 Å². The van der Waals surface area contributed by atoms with Crippen LogP contribution in [0.2, 0.25) is 0 Å². The Balaban J connectivity index is 2.11. The molecule has 18 heavy (non-hydrogen) atoms. The van der Waals surface area contributed by atoms with Gasteiger partial charge in [0.25, 0.3) is 4.82 Å². The molecule has 2 aromatic carbocycles. The second-order valence-electron chi connectivity index (χ2n) is 3.72. The molecule has 0 aromatic heterocycles. The quantitative estimate of drug-likeness (QED) is 0.620. The first-order valence-electron chi connectivity index (χ1n) is 5.43. The van der Waals surface area contributed by atoms with Crippen molar-refractivity contribution < 1.29 is 9.53 Å². The van der Waals surface area contributed by atoms with Crippen molar-refractivity contribution in [3.8, 4) is 11.5 Å². The van der Waals surface area contributed by atoms with E-state index < -0.39 is 0 Å². The van der Waals surface area contributed by atoms with Gasteiger partial charge in [0.15, 0.2) is 0 Å². The Morgan fingerprint density at radius 3 is 2.11 bits per heavy atom. The molecule has 3 nitrogen and oxygen atoms in total. The van der Waals surface area contributed by atoms with E-state index in [0.717, 1.165) is 17.2 Å². The fourth-order valence-corrected chi connectivity index (χ4v) is 1.67. The van der Waals surface area contributed by atoms with E-state index in [2.05, 4.69) is 15.9 Å². The molecule has 0 heterocycles. The number of anilines is 1. The van der Waals surface area contributed by atoms with Crippen LogP contribution in [-0.2, 0) is 0 Å². The van der Waals surface area contributed by atoms with Gasteiger partial charge >= 0.3 is 0 Å². The van der Waals surface area contributed by atoms with E-state index in [1.807, 2.05) is 54.6 Å². The summed E-state index contributed by atoms with van der Waals surface area (Å²) in [7, 11) is 1.70. The fourth-order valence-electron chi connectivity index (χ4n) is 1.46. The minimum Gasteiger partial charge on any atom is -0.457 e. The van der Waals surface area contributed by atoms with E-state index in [4.69, 9.17) is 4.74 Å². The van der Waals surface area contributed by atoms with E-state index in [1.54, 1.807) is 7.05 Å². The molecule has 0 aliphatic rings. The lowest BCUT2D eigenvalue weighted by Crippen LogP contribution is -2.18. The molecule has 0 fully saturated rings. The average molecular weight is 306 g/mol. The molecule has 0 atom stereocenters. The van der Waals surface area contributed by atoms with Gasteiger partial charge in [0.05, 0.1) is 0 Å². The van der Waals surface area contributed by atoms with Gasteiger partial charge in [-0.2, -0.15) is 0 Å². The highest BCUT2D eigenvalue weighted by atomic mass is 79.9. The van der Waals surface area contributed by atoms with Crippen LogP contribution in [0.15, 0.2) is 54.6 Å². The second-order valence-corrected chi connectivity index (χ2v) is 4.40. The maximum Gasteiger partial charge on any atom is 0.293 e. The molecule has 1 amide bonds. The van der Waals surface area contributed by atoms with E-state index in [-0.39, 0.29) is 4.82 Å². The van der Waals surface area contributed by atoms with Crippen LogP contribution in [0.1, 0.15) is 0 Å². The third-order valence-electron chi connectivity index (χ3n) is 2.47. The molecule has 4 heteroatoms. The molecule has 2 aromatic rings. The molecule has 0 radical (unpaired) electrons. The molecule has 0 aliphatic carbocycles. The summed E-state index contributed by atoms with van der Waals surface area (Å²) in [6.07, 6.45) is 0. The molecule has 92 valence electrons. The largest absolute Gasteiger partial charge is 0.457 e. The number of hydrogen-bond acceptors (Lipinski definition) is 2. The third-order valence-corrected chi connectivity index (χ3v) is 3.00. The Bertz CT molecular complexity index is 525. The minimum atomic E-state index is -0.181. The zero-order valence-corrected chi connectivity index (χ0v) is 11.4. The van der Waals surface area contributed by atoms with Crippen molar-refractivity contribution in [2.24, 2.45) is 0 Å². The molecule has 0 spiro atoms. The topological polar surface area (TPSA) is 29.5 Å². The summed E-state index contributed by atoms with van der Waals surface area (Å²) in [5.41, 5.74) is 0.803. The number of ether oxygens (including phenoxy) is 1. The smallest absolute Gasteiger partial charge is 0.293 e. The molecule has 0 aliphatic heterocycles. The summed E-state index contributed by atoms with van der Waals surface area (Å²) in [6.45, 7) is 0. The Morgan fingerprint density at radius 2 is 1.56 bits per heavy atom. The van der Waals surface area contributed by atoms with Crippen LogP contribution in [0.4, 0.5) is 10.5 Å². The van der Waals surface area contributed by atoms with Crippen molar-refractivity contribution in [2.45, 2.75) is 0 Å². The highest BCUT2D eigenvalue weighted by Crippen LogP contribution is 2.24. The van der Waals surface area contributed by atoms with Gasteiger partial charge in [-0.05, 0) is 36.4 Å². The first-order chi connectivity index (χ1) is 8.66. The lowest BCUT2D eigenvalue weighted by atomic mass is 10.3. The minimum absolute atomic E-state index is 0.181. The molecule has 0 bridgehead atoms. The molecular formula is C14H12BrNO2. The van der Waals surface area contributed by atoms with Gasteiger partial charge < -0.3 is 9.64 Å². The van der Waals surface area contributed by atoms with E-state index in [9.17, 15) is 4.79 Å². The molecule has 0 saturated heterocycles. The van der Waals surface area contributed by atoms with Crippen LogP contribution in [0.25, 0.3) is 0 Å². The summed E-state index contributed by atoms with van der Waals surface area (Å²) in [5.74, 6) is 1.52. The summed E-state index contributed by atoms with van der Waals surface area (Å²) in [6, 6.07) is 16.9. The average Bonchev–Trinajstić information content (AvgIpc) is 2.40. The van der Waals surface area contributed by atoms with Crippen LogP contribution in [0.5, 0.6) is 11.5 Å². The van der Waals surface area contributed by atoms with E-state index in [0.29, 0.717) is 0 Å². The number of carbonyl (C=O) groups is 1. The zero-order chi connectivity index (χ0) is 13.0. The maximum absolute atomic E-state index is 11.1. The van der Waals surface area contributed by atoms with Gasteiger partial charge in [0.1, 0.15) is 11.5 Å². The first-order valence-corrected chi connectivity index (χ1v) is 6.22. The Kier molecular flexibility index (Phi) is 3.99. The lowest BCUT2D eigenvalue weighted by Gasteiger charge is -2.14. The summed E-state index contributed by atoms with van der Waals surface area (Å²) >= 11 is 2.90. The van der Waals surface area contributed by atoms with Crippen LogP contribution < -0.4 is 9.64 Å². The number of halogens is 1. The Hall–Kier alpha value is -1.81. The number of para-hydroxylation sites is 1. The number of benzene rings is 2. The summed E-state index contributed by atoms with van der Waals surface area (Å²) in [4.78, 5) is 12.5. The van der Waals surface area contributed by atoms with Crippen molar-refractivity contribution in [3.05, 3.63) is 54.6 Å². The fraction of sp³-hybridized carbons (Fsp3) is 0.0714. The van der Waals surface area contributed by atoms with Gasteiger partial charge in [-0.25, -0.2) is 0 Å². The zero-order valence-electron chi connectivity index (χ0n) is 9.84. The number of carbonyl (C=O) groups excluding carboxylic acids is 1. The SMILES string of the molecule is CN(C(=O)Br)c1ccc(Oc2ccccc2)cc1. The first kappa shape index (κ1) is 12.6. The van der Waals surface area contributed by atoms with Gasteiger partial charge in [-0.15, -0.1) is 0 Å². The molecule has 0 saturated carbocycles. The normalized spacial score (nSPS) is 9.89. The number of amides is 1. The monoisotopic (exact) mass is 305 g/mol. The van der Waals surface area contributed by atoms with Crippen LogP contribution in [-0.4, -0.2) is 11.9 Å². The van der Waals surface area contributed by atoms with Crippen LogP contribution in [0, 0.1) is 0 Å². The van der Waals surface area contributed by atoms with Gasteiger partial charge in [0.2, 0.25) is 0 Å². The van der Waals surface area contributed by atoms with Crippen molar-refractivity contribution in [3.63, 3.8) is 0 Å². The van der Waals surface area contributed by atoms with Crippen LogP contribution >= 0.6 is 15.9 Å². The van der Waals surface area contributed by atoms with Crippen molar-refractivity contribution >= 4 is 26.4 Å². The van der Waals surface area contributed by atoms with Gasteiger partial charge in [-0.3, -0.25) is 4.79 Å². The number of hydrogen-bond donors (Lipinski definition) is 0. The van der Waals surface area contributed by atoms with Crippen molar-refractivity contribution in [1.82, 2.24) is 0 Å². The Morgan fingerprint density at radius 1 is 1.00 bits per heavy atom. The van der Waals surface area contributed by atoms with Gasteiger partial charge in [0, 0.05) is 28.7 Å². The van der Waals surface area contributed by atoms with Crippen LogP contribution in [0.3, 0.4) is 0 Å². The van der Waals surface area contributed by atoms with Crippen molar-refractivity contribution in [2.75, 3.05) is 11.9 Å². The summed E-state index contributed by atoms with van der Waals surface area (Å²) in [5, 5.41) is 0. The maximum atomic E-state index is 11.1. The number of rotatable bonds is 3. The Labute approximate surface area is 114 Å². The highest BCUT2D eigenvalue weighted by Gasteiger charge is 2.06. The molecule has 0 unspecified atom stereocenters. The molecule has 2 rings (SSSR count). The van der Waals surface area contributed by atoms with E-state index in [1.165, 1.54) is 4.90 Å². The lowest BCUT2D eigenvalue weighted by molar-refractivity contribution is 0.267. The molecular weight excluding hydrogens is 294 g/mol. The summed E-state index contributed by atoms with van der Waals surface area (Å²) < 4.78 is 5.66. The third kappa shape index (κ3) is 3.11. The second kappa shape index (κ2) is 5.69. The van der Waals surface area contributed by atoms with E-state index >= 15 is 0 Å². The standard InChI is InChI=1S/C14H12BrNO2/c1-16(14(15)17)11-7-9-13(10-8-11)18-12-5-3-2-4-6-12/h2-10H,1H3. The predicted molar refractivity (Wildman–Crippen MR) is 75.7 cm³/mol. The number of nitrogens with zero attached hydrogens (tertiary/aromatic N) is 1. The highest BCUT2D eigenvalue weighted by molar-refractivity contribution is 9.18. The molecule has 0 N–H and O–H groups in total. The van der Waals surface area contributed by atoms with Crippen molar-refractivity contribution in [1.29, 1.82) is 0 Å².